The molecule has 0 fully saturated rings. The number of carbonyl (C=O) groups excluding carboxylic acids is 1. The van der Waals surface area contributed by atoms with Crippen molar-refractivity contribution in [2.24, 2.45) is 5.84 Å². The lowest BCUT2D eigenvalue weighted by Crippen LogP contribution is -2.38. The first-order chi connectivity index (χ1) is 13.2. The van der Waals surface area contributed by atoms with E-state index in [2.05, 4.69) is 0 Å². The highest BCUT2D eigenvalue weighted by Crippen LogP contribution is 2.30. The smallest absolute Gasteiger partial charge is 0.267 e. The largest absolute Gasteiger partial charge is 0.273 e. The average molecular weight is 353 g/mol. The van der Waals surface area contributed by atoms with Crippen LogP contribution < -0.4 is 10.9 Å². The van der Waals surface area contributed by atoms with Gasteiger partial charge in [-0.3, -0.25) is 4.79 Å². The summed E-state index contributed by atoms with van der Waals surface area (Å²) in [5, 5.41) is 2.00. The fourth-order valence-electron chi connectivity index (χ4n) is 3.29. The van der Waals surface area contributed by atoms with E-state index in [1.165, 1.54) is 5.01 Å². The molecule has 0 aliphatic heterocycles. The minimum absolute atomic E-state index is 0.255. The van der Waals surface area contributed by atoms with Gasteiger partial charge in [0.2, 0.25) is 0 Å². The SMILES string of the molecule is Cc1c(-c2ccccc2)nc2ccccc2c1C(=O)N(N)c1ccccc1. The highest BCUT2D eigenvalue weighted by atomic mass is 16.2. The van der Waals surface area contributed by atoms with E-state index in [1.54, 1.807) is 0 Å². The summed E-state index contributed by atoms with van der Waals surface area (Å²) in [6.45, 7) is 1.92. The molecule has 0 aliphatic carbocycles. The molecule has 4 rings (SSSR count). The first-order valence-electron chi connectivity index (χ1n) is 8.76. The number of hydrazine groups is 1. The average Bonchev–Trinajstić information content (AvgIpc) is 2.73. The maximum Gasteiger partial charge on any atom is 0.273 e. The molecule has 1 aromatic heterocycles. The quantitative estimate of drug-likeness (QED) is 0.329. The zero-order valence-corrected chi connectivity index (χ0v) is 15.0. The Labute approximate surface area is 157 Å². The van der Waals surface area contributed by atoms with Crippen molar-refractivity contribution in [3.63, 3.8) is 0 Å². The third-order valence-electron chi connectivity index (χ3n) is 4.65. The molecule has 0 radical (unpaired) electrons. The summed E-state index contributed by atoms with van der Waals surface area (Å²) >= 11 is 0. The van der Waals surface area contributed by atoms with E-state index in [0.29, 0.717) is 11.3 Å². The van der Waals surface area contributed by atoms with E-state index in [9.17, 15) is 4.79 Å². The molecule has 0 spiro atoms. The van der Waals surface area contributed by atoms with Gasteiger partial charge in [0.15, 0.2) is 0 Å². The van der Waals surface area contributed by atoms with Crippen LogP contribution in [0.2, 0.25) is 0 Å². The molecule has 4 nitrogen and oxygen atoms in total. The number of para-hydroxylation sites is 2. The van der Waals surface area contributed by atoms with Gasteiger partial charge in [-0.1, -0.05) is 66.7 Å². The molecule has 0 bridgehead atoms. The van der Waals surface area contributed by atoms with Crippen LogP contribution in [0.3, 0.4) is 0 Å². The Balaban J connectivity index is 1.94. The molecule has 2 N–H and O–H groups in total. The van der Waals surface area contributed by atoms with Crippen LogP contribution in [-0.4, -0.2) is 10.9 Å². The maximum atomic E-state index is 13.3. The van der Waals surface area contributed by atoms with E-state index in [4.69, 9.17) is 10.8 Å². The van der Waals surface area contributed by atoms with Gasteiger partial charge in [0.05, 0.1) is 22.5 Å². The van der Waals surface area contributed by atoms with Crippen LogP contribution in [0.5, 0.6) is 0 Å². The van der Waals surface area contributed by atoms with Crippen LogP contribution in [0, 0.1) is 6.92 Å². The number of amides is 1. The number of pyridine rings is 1. The predicted molar refractivity (Wildman–Crippen MR) is 109 cm³/mol. The van der Waals surface area contributed by atoms with Crippen molar-refractivity contribution >= 4 is 22.5 Å². The second-order valence-corrected chi connectivity index (χ2v) is 6.35. The number of anilines is 1. The van der Waals surface area contributed by atoms with Crippen LogP contribution in [0.15, 0.2) is 84.9 Å². The second kappa shape index (κ2) is 7.02. The zero-order valence-electron chi connectivity index (χ0n) is 15.0. The van der Waals surface area contributed by atoms with Gasteiger partial charge in [-0.2, -0.15) is 0 Å². The highest BCUT2D eigenvalue weighted by Gasteiger charge is 2.22. The van der Waals surface area contributed by atoms with Crippen LogP contribution in [0.25, 0.3) is 22.2 Å². The van der Waals surface area contributed by atoms with Crippen molar-refractivity contribution in [3.05, 3.63) is 96.1 Å². The van der Waals surface area contributed by atoms with Crippen molar-refractivity contribution in [3.8, 4) is 11.3 Å². The molecular weight excluding hydrogens is 334 g/mol. The van der Waals surface area contributed by atoms with E-state index in [0.717, 1.165) is 27.7 Å². The predicted octanol–water partition coefficient (Wildman–Crippen LogP) is 4.73. The molecular formula is C23H19N3O. The van der Waals surface area contributed by atoms with E-state index < -0.39 is 0 Å². The third-order valence-corrected chi connectivity index (χ3v) is 4.65. The Kier molecular flexibility index (Phi) is 4.40. The Hall–Kier alpha value is -3.50. The number of aromatic nitrogens is 1. The van der Waals surface area contributed by atoms with Crippen molar-refractivity contribution in [2.75, 3.05) is 5.01 Å². The van der Waals surface area contributed by atoms with Crippen molar-refractivity contribution < 1.29 is 4.79 Å². The van der Waals surface area contributed by atoms with Gasteiger partial charge in [-0.05, 0) is 30.7 Å². The third kappa shape index (κ3) is 3.07. The fourth-order valence-corrected chi connectivity index (χ4v) is 3.29. The number of carbonyl (C=O) groups is 1. The van der Waals surface area contributed by atoms with Crippen LogP contribution in [0.4, 0.5) is 5.69 Å². The van der Waals surface area contributed by atoms with Gasteiger partial charge in [-0.15, -0.1) is 0 Å². The first kappa shape index (κ1) is 16.9. The number of nitrogens with zero attached hydrogens (tertiary/aromatic N) is 2. The highest BCUT2D eigenvalue weighted by molar-refractivity contribution is 6.15. The Morgan fingerprint density at radius 1 is 0.852 bits per heavy atom. The molecule has 27 heavy (non-hydrogen) atoms. The number of hydrogen-bond donors (Lipinski definition) is 1. The zero-order chi connectivity index (χ0) is 18.8. The molecule has 0 saturated carbocycles. The minimum Gasteiger partial charge on any atom is -0.267 e. The lowest BCUT2D eigenvalue weighted by Gasteiger charge is -2.20. The summed E-state index contributed by atoms with van der Waals surface area (Å²) < 4.78 is 0. The Morgan fingerprint density at radius 2 is 1.44 bits per heavy atom. The molecule has 132 valence electrons. The van der Waals surface area contributed by atoms with Crippen LogP contribution in [0.1, 0.15) is 15.9 Å². The van der Waals surface area contributed by atoms with Crippen molar-refractivity contribution in [1.29, 1.82) is 0 Å². The molecule has 1 amide bonds. The molecule has 4 heteroatoms. The molecule has 0 atom stereocenters. The van der Waals surface area contributed by atoms with Crippen LogP contribution >= 0.6 is 0 Å². The Bertz CT molecular complexity index is 1110. The topological polar surface area (TPSA) is 59.2 Å². The summed E-state index contributed by atoms with van der Waals surface area (Å²) in [4.78, 5) is 18.1. The second-order valence-electron chi connectivity index (χ2n) is 6.35. The number of rotatable bonds is 3. The number of fused-ring (bicyclic) bond motifs is 1. The van der Waals surface area contributed by atoms with E-state index in [1.807, 2.05) is 91.9 Å². The Morgan fingerprint density at radius 3 is 2.15 bits per heavy atom. The van der Waals surface area contributed by atoms with E-state index >= 15 is 0 Å². The minimum atomic E-state index is -0.255. The first-order valence-corrected chi connectivity index (χ1v) is 8.76. The summed E-state index contributed by atoms with van der Waals surface area (Å²) in [6.07, 6.45) is 0. The molecule has 0 unspecified atom stereocenters. The van der Waals surface area contributed by atoms with Crippen molar-refractivity contribution in [1.82, 2.24) is 4.98 Å². The van der Waals surface area contributed by atoms with Crippen LogP contribution in [-0.2, 0) is 0 Å². The summed E-state index contributed by atoms with van der Waals surface area (Å²) in [5.41, 5.74) is 4.56. The van der Waals surface area contributed by atoms with Gasteiger partial charge in [0.25, 0.3) is 5.91 Å². The molecule has 3 aromatic carbocycles. The summed E-state index contributed by atoms with van der Waals surface area (Å²) in [5.74, 6) is 5.93. The van der Waals surface area contributed by atoms with Gasteiger partial charge in [-0.25, -0.2) is 15.8 Å². The summed E-state index contributed by atoms with van der Waals surface area (Å²) in [7, 11) is 0. The fraction of sp³-hybridized carbons (Fsp3) is 0.0435. The number of nitrogens with two attached hydrogens (primary N) is 1. The lowest BCUT2D eigenvalue weighted by molar-refractivity contribution is 0.0988. The number of benzene rings is 3. The van der Waals surface area contributed by atoms with Gasteiger partial charge in [0.1, 0.15) is 0 Å². The molecule has 1 heterocycles. The molecule has 0 aliphatic rings. The molecule has 4 aromatic rings. The maximum absolute atomic E-state index is 13.3. The standard InChI is InChI=1S/C23H19N3O/c1-16-21(23(27)26(24)18-12-6-3-7-13-18)19-14-8-9-15-20(19)25-22(16)17-10-4-2-5-11-17/h2-15H,24H2,1H3. The lowest BCUT2D eigenvalue weighted by atomic mass is 9.97. The number of hydrogen-bond acceptors (Lipinski definition) is 3. The van der Waals surface area contributed by atoms with Gasteiger partial charge in [0, 0.05) is 10.9 Å². The monoisotopic (exact) mass is 353 g/mol. The van der Waals surface area contributed by atoms with Gasteiger partial charge >= 0.3 is 0 Å². The normalized spacial score (nSPS) is 10.7. The summed E-state index contributed by atoms with van der Waals surface area (Å²) in [6, 6.07) is 26.8. The van der Waals surface area contributed by atoms with E-state index in [-0.39, 0.29) is 5.91 Å². The van der Waals surface area contributed by atoms with Gasteiger partial charge < -0.3 is 0 Å². The van der Waals surface area contributed by atoms with Crippen molar-refractivity contribution in [2.45, 2.75) is 6.92 Å². The molecule has 0 saturated heterocycles.